The van der Waals surface area contributed by atoms with E-state index in [1.165, 1.54) is 12.1 Å². The number of para-hydroxylation sites is 1. The molecule has 0 spiro atoms. The van der Waals surface area contributed by atoms with Crippen molar-refractivity contribution in [3.63, 3.8) is 0 Å². The summed E-state index contributed by atoms with van der Waals surface area (Å²) in [6, 6.07) is 12.9. The zero-order chi connectivity index (χ0) is 22.7. The summed E-state index contributed by atoms with van der Waals surface area (Å²) in [5.41, 5.74) is 0.882. The van der Waals surface area contributed by atoms with Gasteiger partial charge in [-0.15, -0.1) is 0 Å². The second kappa shape index (κ2) is 12.4. The van der Waals surface area contributed by atoms with Gasteiger partial charge in [-0.3, -0.25) is 10.1 Å². The molecule has 0 fully saturated rings. The van der Waals surface area contributed by atoms with Crippen LogP contribution in [0.4, 0.5) is 5.69 Å². The molecule has 0 aliphatic carbocycles. The normalized spacial score (nSPS) is 11.0. The molecular formula is C21H27N3O5S2. The summed E-state index contributed by atoms with van der Waals surface area (Å²) in [6.45, 7) is 5.49. The second-order valence-electron chi connectivity index (χ2n) is 6.37. The summed E-state index contributed by atoms with van der Waals surface area (Å²) in [6.07, 6.45) is 0.702. The van der Waals surface area contributed by atoms with Crippen molar-refractivity contribution in [2.75, 3.05) is 31.7 Å². The third-order valence-electron chi connectivity index (χ3n) is 4.01. The third kappa shape index (κ3) is 7.91. The minimum absolute atomic E-state index is 0.0776. The van der Waals surface area contributed by atoms with Gasteiger partial charge in [-0.1, -0.05) is 19.1 Å². The van der Waals surface area contributed by atoms with Crippen LogP contribution >= 0.6 is 12.2 Å². The molecule has 3 N–H and O–H groups in total. The minimum Gasteiger partial charge on any atom is -0.490 e. The van der Waals surface area contributed by atoms with Gasteiger partial charge in [-0.05, 0) is 62.0 Å². The Morgan fingerprint density at radius 1 is 1.03 bits per heavy atom. The van der Waals surface area contributed by atoms with Crippen LogP contribution in [0.1, 0.15) is 30.6 Å². The molecule has 0 aliphatic rings. The monoisotopic (exact) mass is 465 g/mol. The second-order valence-corrected chi connectivity index (χ2v) is 8.55. The van der Waals surface area contributed by atoms with Gasteiger partial charge in [0, 0.05) is 18.8 Å². The Labute approximate surface area is 188 Å². The molecule has 8 nitrogen and oxygen atoms in total. The molecule has 0 saturated heterocycles. The van der Waals surface area contributed by atoms with E-state index in [9.17, 15) is 13.2 Å². The van der Waals surface area contributed by atoms with E-state index in [0.29, 0.717) is 49.8 Å². The first-order valence-electron chi connectivity index (χ1n) is 9.89. The SMILES string of the molecule is CCCNS(=O)(=O)c1ccc(NC(=S)NC(=O)c2ccccc2OCCOCC)cc1. The Hall–Kier alpha value is -2.53. The van der Waals surface area contributed by atoms with E-state index >= 15 is 0 Å². The topological polar surface area (TPSA) is 106 Å². The molecule has 2 aromatic carbocycles. The smallest absolute Gasteiger partial charge is 0.261 e. The van der Waals surface area contributed by atoms with Crippen LogP contribution in [-0.4, -0.2) is 45.8 Å². The molecule has 168 valence electrons. The van der Waals surface area contributed by atoms with Crippen LogP contribution in [0.3, 0.4) is 0 Å². The van der Waals surface area contributed by atoms with E-state index < -0.39 is 15.9 Å². The molecule has 0 radical (unpaired) electrons. The zero-order valence-corrected chi connectivity index (χ0v) is 19.1. The molecule has 10 heteroatoms. The van der Waals surface area contributed by atoms with Gasteiger partial charge in [-0.25, -0.2) is 13.1 Å². The predicted molar refractivity (Wildman–Crippen MR) is 124 cm³/mol. The highest BCUT2D eigenvalue weighted by Gasteiger charge is 2.15. The molecule has 0 atom stereocenters. The average Bonchev–Trinajstić information content (AvgIpc) is 2.76. The van der Waals surface area contributed by atoms with Crippen LogP contribution in [0.5, 0.6) is 5.75 Å². The number of sulfonamides is 1. The largest absolute Gasteiger partial charge is 0.490 e. The van der Waals surface area contributed by atoms with Gasteiger partial charge < -0.3 is 14.8 Å². The number of thiocarbonyl (C=S) groups is 1. The number of carbonyl (C=O) groups is 1. The quantitative estimate of drug-likeness (QED) is 0.346. The van der Waals surface area contributed by atoms with E-state index in [4.69, 9.17) is 21.7 Å². The standard InChI is InChI=1S/C21H27N3O5S2/c1-3-13-22-31(26,27)17-11-9-16(10-12-17)23-21(30)24-20(25)18-7-5-6-8-19(18)29-15-14-28-4-2/h5-12,22H,3-4,13-15H2,1-2H3,(H2,23,24,25,30). The fourth-order valence-corrected chi connectivity index (χ4v) is 3.85. The fraction of sp³-hybridized carbons (Fsp3) is 0.333. The van der Waals surface area contributed by atoms with Crippen molar-refractivity contribution >= 4 is 38.9 Å². The average molecular weight is 466 g/mol. The predicted octanol–water partition coefficient (Wildman–Crippen LogP) is 2.92. The molecule has 1 amide bonds. The molecule has 31 heavy (non-hydrogen) atoms. The van der Waals surface area contributed by atoms with Crippen molar-refractivity contribution in [3.8, 4) is 5.75 Å². The summed E-state index contributed by atoms with van der Waals surface area (Å²) in [5.74, 6) is 0.00381. The lowest BCUT2D eigenvalue weighted by atomic mass is 10.2. The number of hydrogen-bond donors (Lipinski definition) is 3. The van der Waals surface area contributed by atoms with Gasteiger partial charge in [0.2, 0.25) is 10.0 Å². The summed E-state index contributed by atoms with van der Waals surface area (Å²) in [7, 11) is -3.54. The third-order valence-corrected chi connectivity index (χ3v) is 5.69. The van der Waals surface area contributed by atoms with Crippen LogP contribution in [0.15, 0.2) is 53.4 Å². The lowest BCUT2D eigenvalue weighted by Gasteiger charge is -2.13. The Morgan fingerprint density at radius 2 is 1.74 bits per heavy atom. The first-order chi connectivity index (χ1) is 14.9. The van der Waals surface area contributed by atoms with Gasteiger partial charge in [0.05, 0.1) is 17.1 Å². The summed E-state index contributed by atoms with van der Waals surface area (Å²) in [5, 5.41) is 5.54. The number of benzene rings is 2. The zero-order valence-electron chi connectivity index (χ0n) is 17.5. The van der Waals surface area contributed by atoms with E-state index in [2.05, 4.69) is 15.4 Å². The van der Waals surface area contributed by atoms with Crippen LogP contribution in [0.25, 0.3) is 0 Å². The van der Waals surface area contributed by atoms with Crippen molar-refractivity contribution in [2.45, 2.75) is 25.2 Å². The van der Waals surface area contributed by atoms with E-state index in [-0.39, 0.29) is 10.0 Å². The molecular weight excluding hydrogens is 438 g/mol. The summed E-state index contributed by atoms with van der Waals surface area (Å²) in [4.78, 5) is 12.8. The van der Waals surface area contributed by atoms with Crippen molar-refractivity contribution in [2.24, 2.45) is 0 Å². The van der Waals surface area contributed by atoms with E-state index in [1.807, 2.05) is 13.8 Å². The lowest BCUT2D eigenvalue weighted by Crippen LogP contribution is -2.34. The number of carbonyl (C=O) groups excluding carboxylic acids is 1. The number of rotatable bonds is 11. The molecule has 0 unspecified atom stereocenters. The first-order valence-corrected chi connectivity index (χ1v) is 11.8. The van der Waals surface area contributed by atoms with Crippen LogP contribution in [0, 0.1) is 0 Å². The fourth-order valence-electron chi connectivity index (χ4n) is 2.50. The Balaban J connectivity index is 1.96. The van der Waals surface area contributed by atoms with Gasteiger partial charge in [-0.2, -0.15) is 0 Å². The van der Waals surface area contributed by atoms with Crippen LogP contribution in [-0.2, 0) is 14.8 Å². The lowest BCUT2D eigenvalue weighted by molar-refractivity contribution is 0.0958. The molecule has 0 aliphatic heterocycles. The molecule has 0 heterocycles. The number of anilines is 1. The first kappa shape index (κ1) is 24.7. The number of ether oxygens (including phenoxy) is 2. The maximum Gasteiger partial charge on any atom is 0.261 e. The maximum atomic E-state index is 12.6. The van der Waals surface area contributed by atoms with Crippen molar-refractivity contribution in [1.29, 1.82) is 0 Å². The number of hydrogen-bond acceptors (Lipinski definition) is 6. The highest BCUT2D eigenvalue weighted by atomic mass is 32.2. The highest BCUT2D eigenvalue weighted by molar-refractivity contribution is 7.89. The van der Waals surface area contributed by atoms with Crippen molar-refractivity contribution in [3.05, 3.63) is 54.1 Å². The van der Waals surface area contributed by atoms with E-state index in [0.717, 1.165) is 0 Å². The molecule has 0 bridgehead atoms. The van der Waals surface area contributed by atoms with Gasteiger partial charge in [0.1, 0.15) is 12.4 Å². The van der Waals surface area contributed by atoms with Crippen molar-refractivity contribution < 1.29 is 22.7 Å². The summed E-state index contributed by atoms with van der Waals surface area (Å²) >= 11 is 5.21. The Kier molecular flexibility index (Phi) is 9.86. The minimum atomic E-state index is -3.54. The van der Waals surface area contributed by atoms with Crippen molar-refractivity contribution in [1.82, 2.24) is 10.0 Å². The number of amides is 1. The van der Waals surface area contributed by atoms with Crippen LogP contribution in [0.2, 0.25) is 0 Å². The van der Waals surface area contributed by atoms with Gasteiger partial charge >= 0.3 is 0 Å². The van der Waals surface area contributed by atoms with Gasteiger partial charge in [0.25, 0.3) is 5.91 Å². The summed E-state index contributed by atoms with van der Waals surface area (Å²) < 4.78 is 37.6. The molecule has 0 aromatic heterocycles. The van der Waals surface area contributed by atoms with E-state index in [1.54, 1.807) is 36.4 Å². The Morgan fingerprint density at radius 3 is 2.42 bits per heavy atom. The number of nitrogens with one attached hydrogen (secondary N) is 3. The molecule has 0 saturated carbocycles. The molecule has 2 aromatic rings. The molecule has 2 rings (SSSR count). The highest BCUT2D eigenvalue weighted by Crippen LogP contribution is 2.18. The van der Waals surface area contributed by atoms with Gasteiger partial charge in [0.15, 0.2) is 5.11 Å². The Bertz CT molecular complexity index is 979. The van der Waals surface area contributed by atoms with Crippen LogP contribution < -0.4 is 20.1 Å². The maximum absolute atomic E-state index is 12.6.